The molecular formula is C13H22N4O2S. The maximum absolute atomic E-state index is 12.8. The number of nitrogen functional groups attached to an aromatic ring is 1. The van der Waals surface area contributed by atoms with Gasteiger partial charge >= 0.3 is 0 Å². The Balaban J connectivity index is 2.43. The van der Waals surface area contributed by atoms with Crippen LogP contribution in [-0.4, -0.2) is 30.3 Å². The molecule has 0 spiro atoms. The highest BCUT2D eigenvalue weighted by Crippen LogP contribution is 2.32. The van der Waals surface area contributed by atoms with Crippen LogP contribution >= 0.6 is 0 Å². The molecule has 1 aromatic rings. The fraction of sp³-hybridized carbons (Fsp3) is 0.615. The van der Waals surface area contributed by atoms with Gasteiger partial charge in [-0.1, -0.05) is 13.8 Å². The highest BCUT2D eigenvalue weighted by molar-refractivity contribution is 7.89. The predicted octanol–water partition coefficient (Wildman–Crippen LogP) is 1.42. The van der Waals surface area contributed by atoms with Crippen molar-refractivity contribution in [2.45, 2.75) is 38.3 Å². The van der Waals surface area contributed by atoms with Crippen LogP contribution in [0.4, 0.5) is 5.69 Å². The highest BCUT2D eigenvalue weighted by atomic mass is 32.2. The molecule has 6 nitrogen and oxygen atoms in total. The van der Waals surface area contributed by atoms with Crippen LogP contribution in [0.3, 0.4) is 0 Å². The van der Waals surface area contributed by atoms with Gasteiger partial charge < -0.3 is 5.43 Å². The van der Waals surface area contributed by atoms with Crippen LogP contribution in [-0.2, 0) is 10.0 Å². The van der Waals surface area contributed by atoms with Crippen LogP contribution in [0, 0.1) is 11.8 Å². The van der Waals surface area contributed by atoms with Crippen molar-refractivity contribution in [1.29, 1.82) is 0 Å². The zero-order chi connectivity index (χ0) is 14.9. The van der Waals surface area contributed by atoms with E-state index >= 15 is 0 Å². The second-order valence-electron chi connectivity index (χ2n) is 5.63. The second kappa shape index (κ2) is 5.67. The maximum atomic E-state index is 12.8. The Labute approximate surface area is 120 Å². The monoisotopic (exact) mass is 298 g/mol. The minimum absolute atomic E-state index is 0.00403. The van der Waals surface area contributed by atoms with Gasteiger partial charge in [-0.3, -0.25) is 5.84 Å². The first-order valence-corrected chi connectivity index (χ1v) is 8.25. The Morgan fingerprint density at radius 2 is 2.10 bits per heavy atom. The number of hydrogen-bond donors (Lipinski definition) is 2. The van der Waals surface area contributed by atoms with Crippen molar-refractivity contribution in [3.63, 3.8) is 0 Å². The van der Waals surface area contributed by atoms with E-state index in [0.717, 1.165) is 6.42 Å². The molecule has 1 fully saturated rings. The summed E-state index contributed by atoms with van der Waals surface area (Å²) in [5.74, 6) is 6.06. The van der Waals surface area contributed by atoms with Gasteiger partial charge in [0.1, 0.15) is 0 Å². The molecule has 20 heavy (non-hydrogen) atoms. The smallest absolute Gasteiger partial charge is 0.262 e. The summed E-state index contributed by atoms with van der Waals surface area (Å²) in [5, 5.41) is -0.00403. The average molecular weight is 298 g/mol. The molecule has 0 bridgehead atoms. The molecule has 0 saturated carbocycles. The molecule has 3 atom stereocenters. The third-order valence-corrected chi connectivity index (χ3v) is 5.94. The van der Waals surface area contributed by atoms with Crippen molar-refractivity contribution < 1.29 is 8.42 Å². The summed E-state index contributed by atoms with van der Waals surface area (Å²) in [6, 6.07) is 3.23. The number of hydrazine groups is 1. The van der Waals surface area contributed by atoms with Gasteiger partial charge in [-0.05, 0) is 37.3 Å². The van der Waals surface area contributed by atoms with E-state index in [1.165, 1.54) is 6.20 Å². The topological polar surface area (TPSA) is 88.3 Å². The number of nitrogens with one attached hydrogen (secondary N) is 1. The number of hydrogen-bond acceptors (Lipinski definition) is 5. The lowest BCUT2D eigenvalue weighted by molar-refractivity contribution is 0.157. The Morgan fingerprint density at radius 3 is 2.75 bits per heavy atom. The third kappa shape index (κ3) is 2.65. The predicted molar refractivity (Wildman–Crippen MR) is 78.3 cm³/mol. The summed E-state index contributed by atoms with van der Waals surface area (Å²) < 4.78 is 27.2. The van der Waals surface area contributed by atoms with Crippen molar-refractivity contribution in [3.8, 4) is 0 Å². The highest BCUT2D eigenvalue weighted by Gasteiger charge is 2.38. The average Bonchev–Trinajstić information content (AvgIpc) is 2.42. The lowest BCUT2D eigenvalue weighted by atomic mass is 9.88. The first-order valence-electron chi connectivity index (χ1n) is 6.81. The molecular weight excluding hydrogens is 276 g/mol. The minimum Gasteiger partial charge on any atom is -0.321 e. The van der Waals surface area contributed by atoms with E-state index < -0.39 is 10.0 Å². The molecule has 2 rings (SSSR count). The van der Waals surface area contributed by atoms with Crippen LogP contribution in [0.15, 0.2) is 23.4 Å². The molecule has 0 amide bonds. The van der Waals surface area contributed by atoms with Gasteiger partial charge in [-0.2, -0.15) is 4.31 Å². The van der Waals surface area contributed by atoms with Gasteiger partial charge in [0.05, 0.1) is 5.69 Å². The lowest BCUT2D eigenvalue weighted by Crippen LogP contribution is -2.49. The zero-order valence-electron chi connectivity index (χ0n) is 12.1. The van der Waals surface area contributed by atoms with E-state index in [4.69, 9.17) is 5.84 Å². The van der Waals surface area contributed by atoms with Crippen LogP contribution in [0.1, 0.15) is 27.2 Å². The van der Waals surface area contributed by atoms with Gasteiger partial charge in [0.2, 0.25) is 0 Å². The van der Waals surface area contributed by atoms with Crippen molar-refractivity contribution in [2.75, 3.05) is 12.0 Å². The summed E-state index contributed by atoms with van der Waals surface area (Å²) in [5.41, 5.74) is 2.73. The SMILES string of the molecule is CC1CC(C)C(C)N(S(=O)(=O)c2ncccc2NN)C1. The summed E-state index contributed by atoms with van der Waals surface area (Å²) in [4.78, 5) is 4.01. The van der Waals surface area contributed by atoms with E-state index in [9.17, 15) is 8.42 Å². The Morgan fingerprint density at radius 1 is 1.40 bits per heavy atom. The molecule has 112 valence electrons. The normalized spacial score (nSPS) is 28.3. The van der Waals surface area contributed by atoms with Crippen LogP contribution < -0.4 is 11.3 Å². The van der Waals surface area contributed by atoms with Crippen LogP contribution in [0.2, 0.25) is 0 Å². The number of sulfonamides is 1. The van der Waals surface area contributed by atoms with E-state index in [1.807, 2.05) is 6.92 Å². The van der Waals surface area contributed by atoms with Gasteiger partial charge in [0.15, 0.2) is 5.03 Å². The van der Waals surface area contributed by atoms with E-state index in [-0.39, 0.29) is 11.1 Å². The van der Waals surface area contributed by atoms with E-state index in [0.29, 0.717) is 24.1 Å². The van der Waals surface area contributed by atoms with Gasteiger partial charge in [0, 0.05) is 18.8 Å². The Hall–Kier alpha value is -1.18. The van der Waals surface area contributed by atoms with Crippen molar-refractivity contribution in [1.82, 2.24) is 9.29 Å². The Kier molecular flexibility index (Phi) is 4.31. The molecule has 0 radical (unpaired) electrons. The molecule has 1 aliphatic rings. The zero-order valence-corrected chi connectivity index (χ0v) is 12.9. The summed E-state index contributed by atoms with van der Waals surface area (Å²) in [6.07, 6.45) is 2.51. The minimum atomic E-state index is -3.64. The standard InChI is InChI=1S/C13H22N4O2S/c1-9-7-10(2)11(3)17(8-9)20(18,19)13-12(16-14)5-4-6-15-13/h4-6,9-11,16H,7-8,14H2,1-3H3. The molecule has 1 saturated heterocycles. The number of pyridine rings is 1. The number of aromatic nitrogens is 1. The maximum Gasteiger partial charge on any atom is 0.262 e. The van der Waals surface area contributed by atoms with E-state index in [2.05, 4.69) is 24.3 Å². The number of nitrogens with two attached hydrogens (primary N) is 1. The van der Waals surface area contributed by atoms with Gasteiger partial charge in [-0.25, -0.2) is 13.4 Å². The Bertz CT molecular complexity index is 575. The first kappa shape index (κ1) is 15.2. The van der Waals surface area contributed by atoms with Crippen molar-refractivity contribution in [3.05, 3.63) is 18.3 Å². The molecule has 0 aliphatic carbocycles. The molecule has 1 aliphatic heterocycles. The summed E-state index contributed by atoms with van der Waals surface area (Å²) in [7, 11) is -3.64. The van der Waals surface area contributed by atoms with Gasteiger partial charge in [-0.15, -0.1) is 0 Å². The number of anilines is 1. The molecule has 3 unspecified atom stereocenters. The number of piperidine rings is 1. The second-order valence-corrected chi connectivity index (χ2v) is 7.44. The molecule has 0 aromatic carbocycles. The van der Waals surface area contributed by atoms with Crippen molar-refractivity contribution >= 4 is 15.7 Å². The largest absolute Gasteiger partial charge is 0.321 e. The van der Waals surface area contributed by atoms with Gasteiger partial charge in [0.25, 0.3) is 10.0 Å². The number of rotatable bonds is 3. The first-order chi connectivity index (χ1) is 9.37. The fourth-order valence-electron chi connectivity index (χ4n) is 2.80. The molecule has 7 heteroatoms. The summed E-state index contributed by atoms with van der Waals surface area (Å²) in [6.45, 7) is 6.63. The van der Waals surface area contributed by atoms with Crippen LogP contribution in [0.5, 0.6) is 0 Å². The molecule has 1 aromatic heterocycles. The number of nitrogens with zero attached hydrogens (tertiary/aromatic N) is 2. The van der Waals surface area contributed by atoms with Crippen molar-refractivity contribution in [2.24, 2.45) is 17.7 Å². The fourth-order valence-corrected chi connectivity index (χ4v) is 4.72. The third-order valence-electron chi connectivity index (χ3n) is 4.02. The molecule has 3 N–H and O–H groups in total. The molecule has 2 heterocycles. The lowest BCUT2D eigenvalue weighted by Gasteiger charge is -2.39. The summed E-state index contributed by atoms with van der Waals surface area (Å²) >= 11 is 0. The van der Waals surface area contributed by atoms with Crippen LogP contribution in [0.25, 0.3) is 0 Å². The van der Waals surface area contributed by atoms with E-state index in [1.54, 1.807) is 16.4 Å². The quantitative estimate of drug-likeness (QED) is 0.651.